The second-order valence-electron chi connectivity index (χ2n) is 2.07. The summed E-state index contributed by atoms with van der Waals surface area (Å²) < 4.78 is 0. The first-order chi connectivity index (χ1) is 4.41. The van der Waals surface area contributed by atoms with E-state index in [1.807, 2.05) is 0 Å². The van der Waals surface area contributed by atoms with Crippen molar-refractivity contribution in [3.05, 3.63) is 0 Å². The lowest BCUT2D eigenvalue weighted by Gasteiger charge is -1.91. The molecule has 0 aromatic rings. The molecule has 0 unspecified atom stereocenters. The Bertz CT molecular complexity index is 71.3. The highest BCUT2D eigenvalue weighted by atomic mass is 16.4. The predicted octanol–water partition coefficient (Wildman–Crippen LogP) is 2.29. The number of hydrogen-bond acceptors (Lipinski definition) is 2. The van der Waals surface area contributed by atoms with E-state index < -0.39 is 0 Å². The van der Waals surface area contributed by atoms with Crippen molar-refractivity contribution in [3.63, 3.8) is 0 Å². The summed E-state index contributed by atoms with van der Waals surface area (Å²) >= 11 is 0. The molecular weight excluding hydrogens is 114 g/mol. The van der Waals surface area contributed by atoms with Gasteiger partial charge in [-0.1, -0.05) is 31.3 Å². The first kappa shape index (κ1) is 8.47. The van der Waals surface area contributed by atoms with Gasteiger partial charge in [-0.25, -0.2) is 0 Å². The van der Waals surface area contributed by atoms with Gasteiger partial charge in [0, 0.05) is 0 Å². The lowest BCUT2D eigenvalue weighted by atomic mass is 10.2. The van der Waals surface area contributed by atoms with Crippen LogP contribution in [0.25, 0.3) is 0 Å². The highest BCUT2D eigenvalue weighted by Crippen LogP contribution is 1.99. The lowest BCUT2D eigenvalue weighted by Crippen LogP contribution is -1.77. The molecule has 53 valence electrons. The largest absolute Gasteiger partial charge is 0.411 e. The van der Waals surface area contributed by atoms with Crippen molar-refractivity contribution in [2.45, 2.75) is 39.0 Å². The number of unbranched alkanes of at least 4 members (excludes halogenated alkanes) is 4. The second-order valence-corrected chi connectivity index (χ2v) is 2.07. The molecule has 0 rings (SSSR count). The fraction of sp³-hybridized carbons (Fsp3) is 0.857. The maximum Gasteiger partial charge on any atom is 0.104 e. The van der Waals surface area contributed by atoms with E-state index in [4.69, 9.17) is 5.21 Å². The van der Waals surface area contributed by atoms with E-state index in [0.29, 0.717) is 0 Å². The smallest absolute Gasteiger partial charge is 0.104 e. The van der Waals surface area contributed by atoms with Crippen LogP contribution in [-0.4, -0.2) is 11.4 Å². The van der Waals surface area contributed by atoms with Gasteiger partial charge in [-0.2, -0.15) is 0 Å². The van der Waals surface area contributed by atoms with Crippen LogP contribution in [0.15, 0.2) is 5.16 Å². The van der Waals surface area contributed by atoms with E-state index in [1.165, 1.54) is 19.3 Å². The normalized spacial score (nSPS) is 10.8. The Balaban J connectivity index is 2.75. The molecule has 0 aliphatic rings. The standard InChI is InChI=1S/C7H14NO/c1-2-3-4-5-6-7-8-9/h9H,2-6H2,1H3. The molecule has 0 aromatic heterocycles. The van der Waals surface area contributed by atoms with Crippen molar-refractivity contribution >= 4 is 6.21 Å². The van der Waals surface area contributed by atoms with Crippen LogP contribution >= 0.6 is 0 Å². The highest BCUT2D eigenvalue weighted by Gasteiger charge is 1.84. The molecule has 0 bridgehead atoms. The summed E-state index contributed by atoms with van der Waals surface area (Å²) in [4.78, 5) is 0. The third-order valence-corrected chi connectivity index (χ3v) is 1.21. The van der Waals surface area contributed by atoms with E-state index in [9.17, 15) is 0 Å². The fourth-order valence-electron chi connectivity index (χ4n) is 0.681. The minimum Gasteiger partial charge on any atom is -0.411 e. The Hall–Kier alpha value is -0.530. The summed E-state index contributed by atoms with van der Waals surface area (Å²) in [5, 5.41) is 10.7. The average Bonchev–Trinajstić information content (AvgIpc) is 1.89. The quantitative estimate of drug-likeness (QED) is 0.262. The third kappa shape index (κ3) is 7.47. The van der Waals surface area contributed by atoms with Crippen LogP contribution in [0.2, 0.25) is 0 Å². The van der Waals surface area contributed by atoms with Gasteiger partial charge in [-0.05, 0) is 12.8 Å². The summed E-state index contributed by atoms with van der Waals surface area (Å²) in [6.07, 6.45) is 8.11. The first-order valence-corrected chi connectivity index (χ1v) is 3.48. The van der Waals surface area contributed by atoms with E-state index in [1.54, 1.807) is 0 Å². The monoisotopic (exact) mass is 128 g/mol. The van der Waals surface area contributed by atoms with Crippen LogP contribution in [0.4, 0.5) is 0 Å². The molecule has 0 aliphatic heterocycles. The Morgan fingerprint density at radius 2 is 2.11 bits per heavy atom. The highest BCUT2D eigenvalue weighted by molar-refractivity contribution is 5.55. The van der Waals surface area contributed by atoms with Crippen LogP contribution < -0.4 is 0 Å². The Morgan fingerprint density at radius 3 is 2.67 bits per heavy atom. The zero-order valence-electron chi connectivity index (χ0n) is 5.93. The van der Waals surface area contributed by atoms with Gasteiger partial charge in [0.15, 0.2) is 0 Å². The summed E-state index contributed by atoms with van der Waals surface area (Å²) in [5.41, 5.74) is 0. The minimum absolute atomic E-state index is 0.788. The molecule has 0 amide bonds. The van der Waals surface area contributed by atoms with Crippen molar-refractivity contribution in [1.29, 1.82) is 0 Å². The summed E-state index contributed by atoms with van der Waals surface area (Å²) in [6, 6.07) is 0. The molecule has 0 aromatic carbocycles. The van der Waals surface area contributed by atoms with E-state index in [-0.39, 0.29) is 0 Å². The van der Waals surface area contributed by atoms with Crippen LogP contribution in [0.5, 0.6) is 0 Å². The summed E-state index contributed by atoms with van der Waals surface area (Å²) in [7, 11) is 0. The minimum atomic E-state index is 0.788. The lowest BCUT2D eigenvalue weighted by molar-refractivity contribution is 0.320. The second kappa shape index (κ2) is 7.47. The molecule has 0 saturated heterocycles. The van der Waals surface area contributed by atoms with Gasteiger partial charge in [-0.3, -0.25) is 0 Å². The fourth-order valence-corrected chi connectivity index (χ4v) is 0.681. The van der Waals surface area contributed by atoms with Gasteiger partial charge >= 0.3 is 0 Å². The van der Waals surface area contributed by atoms with Crippen LogP contribution in [-0.2, 0) is 0 Å². The average molecular weight is 128 g/mol. The number of hydrogen-bond donors (Lipinski definition) is 1. The summed E-state index contributed by atoms with van der Waals surface area (Å²) in [6.45, 7) is 2.17. The van der Waals surface area contributed by atoms with Crippen LogP contribution in [0.3, 0.4) is 0 Å². The van der Waals surface area contributed by atoms with E-state index in [2.05, 4.69) is 18.3 Å². The van der Waals surface area contributed by atoms with Gasteiger partial charge in [0.05, 0.1) is 0 Å². The van der Waals surface area contributed by atoms with Crippen LogP contribution in [0.1, 0.15) is 39.0 Å². The number of nitrogens with zero attached hydrogens (tertiary/aromatic N) is 1. The Morgan fingerprint density at radius 1 is 1.33 bits per heavy atom. The zero-order chi connectivity index (χ0) is 6.95. The molecule has 0 saturated carbocycles. The SMILES string of the molecule is CCCCCC/[C]=N/O. The maximum atomic E-state index is 7.94. The molecular formula is C7H14NO. The van der Waals surface area contributed by atoms with Crippen molar-refractivity contribution in [2.75, 3.05) is 0 Å². The molecule has 1 radical (unpaired) electrons. The zero-order valence-corrected chi connectivity index (χ0v) is 5.93. The molecule has 1 N–H and O–H groups in total. The molecule has 0 fully saturated rings. The summed E-state index contributed by atoms with van der Waals surface area (Å²) in [5.74, 6) is 0. The van der Waals surface area contributed by atoms with Crippen molar-refractivity contribution in [1.82, 2.24) is 0 Å². The first-order valence-electron chi connectivity index (χ1n) is 3.48. The Kier molecular flexibility index (Phi) is 7.03. The third-order valence-electron chi connectivity index (χ3n) is 1.21. The van der Waals surface area contributed by atoms with Crippen molar-refractivity contribution < 1.29 is 5.21 Å². The van der Waals surface area contributed by atoms with Gasteiger partial charge < -0.3 is 5.21 Å². The molecule has 0 atom stereocenters. The molecule has 0 aliphatic carbocycles. The van der Waals surface area contributed by atoms with E-state index in [0.717, 1.165) is 12.8 Å². The van der Waals surface area contributed by atoms with Crippen molar-refractivity contribution in [3.8, 4) is 0 Å². The van der Waals surface area contributed by atoms with Gasteiger partial charge in [0.2, 0.25) is 0 Å². The molecule has 2 nitrogen and oxygen atoms in total. The topological polar surface area (TPSA) is 32.6 Å². The molecule has 0 spiro atoms. The number of rotatable bonds is 5. The molecule has 9 heavy (non-hydrogen) atoms. The maximum absolute atomic E-state index is 7.94. The van der Waals surface area contributed by atoms with Crippen molar-refractivity contribution in [2.24, 2.45) is 5.16 Å². The molecule has 0 heterocycles. The van der Waals surface area contributed by atoms with Crippen LogP contribution in [0, 0.1) is 0 Å². The predicted molar refractivity (Wildman–Crippen MR) is 38.0 cm³/mol. The van der Waals surface area contributed by atoms with Gasteiger partial charge in [0.1, 0.15) is 6.21 Å². The van der Waals surface area contributed by atoms with Gasteiger partial charge in [0.25, 0.3) is 0 Å². The molecule has 2 heteroatoms. The Labute approximate surface area is 56.6 Å². The van der Waals surface area contributed by atoms with Gasteiger partial charge in [-0.15, -0.1) is 0 Å². The van der Waals surface area contributed by atoms with E-state index >= 15 is 0 Å².